The second-order valence-electron chi connectivity index (χ2n) is 4.64. The molecule has 0 N–H and O–H groups in total. The molecule has 0 aliphatic carbocycles. The average molecular weight is 340 g/mol. The molecule has 0 bridgehead atoms. The maximum absolute atomic E-state index is 12.6. The van der Waals surface area contributed by atoms with E-state index in [0.717, 1.165) is 0 Å². The first-order valence-electron chi connectivity index (χ1n) is 5.62. The Labute approximate surface area is 118 Å². The number of hydrogen-bond acceptors (Lipinski definition) is 1. The van der Waals surface area contributed by atoms with Crippen LogP contribution in [0.2, 0.25) is 0 Å². The van der Waals surface area contributed by atoms with E-state index < -0.39 is 41.9 Å². The molecule has 1 aromatic rings. The van der Waals surface area contributed by atoms with Crippen LogP contribution in [0.25, 0.3) is 0 Å². The standard InChI is InChI=1S/C12H9F9O/c1-9(11(16,17)18,12(19,20)21)6-22-8-4-2-7(3-5-8)10(13,14)15/h2-5H,6H2,1H3. The lowest BCUT2D eigenvalue weighted by atomic mass is 9.90. The predicted octanol–water partition coefficient (Wildman–Crippen LogP) is 5.22. The molecule has 0 saturated heterocycles. The smallest absolute Gasteiger partial charge is 0.416 e. The van der Waals surface area contributed by atoms with E-state index in [9.17, 15) is 39.5 Å². The van der Waals surface area contributed by atoms with Crippen molar-refractivity contribution in [2.75, 3.05) is 6.61 Å². The molecule has 1 rings (SSSR count). The average Bonchev–Trinajstić information content (AvgIpc) is 2.32. The van der Waals surface area contributed by atoms with Gasteiger partial charge in [0.1, 0.15) is 12.4 Å². The Morgan fingerprint density at radius 3 is 1.50 bits per heavy atom. The van der Waals surface area contributed by atoms with E-state index in [1.54, 1.807) is 0 Å². The third-order valence-electron chi connectivity index (χ3n) is 2.96. The highest BCUT2D eigenvalue weighted by atomic mass is 19.4. The molecule has 0 fully saturated rings. The van der Waals surface area contributed by atoms with E-state index in [1.807, 2.05) is 0 Å². The first-order valence-corrected chi connectivity index (χ1v) is 5.62. The van der Waals surface area contributed by atoms with Crippen molar-refractivity contribution in [2.24, 2.45) is 5.41 Å². The van der Waals surface area contributed by atoms with Gasteiger partial charge in [0.2, 0.25) is 0 Å². The molecule has 0 heterocycles. The minimum atomic E-state index is -5.63. The molecule has 0 aromatic heterocycles. The highest BCUT2D eigenvalue weighted by Gasteiger charge is 2.68. The van der Waals surface area contributed by atoms with E-state index >= 15 is 0 Å². The summed E-state index contributed by atoms with van der Waals surface area (Å²) in [5, 5.41) is 0. The fourth-order valence-corrected chi connectivity index (χ4v) is 1.29. The van der Waals surface area contributed by atoms with Gasteiger partial charge >= 0.3 is 18.5 Å². The van der Waals surface area contributed by atoms with Crippen LogP contribution < -0.4 is 4.74 Å². The van der Waals surface area contributed by atoms with Crippen LogP contribution in [0.1, 0.15) is 12.5 Å². The molecule has 0 amide bonds. The number of benzene rings is 1. The number of halogens is 9. The predicted molar refractivity (Wildman–Crippen MR) is 57.2 cm³/mol. The lowest BCUT2D eigenvalue weighted by Crippen LogP contribution is -2.51. The van der Waals surface area contributed by atoms with Crippen molar-refractivity contribution in [3.63, 3.8) is 0 Å². The number of alkyl halides is 9. The second kappa shape index (κ2) is 5.54. The van der Waals surface area contributed by atoms with Gasteiger partial charge in [0.15, 0.2) is 5.41 Å². The maximum atomic E-state index is 12.6. The molecule has 10 heteroatoms. The molecule has 0 aliphatic rings. The summed E-state index contributed by atoms with van der Waals surface area (Å²) < 4.78 is 117. The normalized spacial score (nSPS) is 14.1. The summed E-state index contributed by atoms with van der Waals surface area (Å²) in [6.45, 7) is -1.89. The van der Waals surface area contributed by atoms with Gasteiger partial charge in [0.25, 0.3) is 0 Å². The highest BCUT2D eigenvalue weighted by Crippen LogP contribution is 2.50. The molecule has 1 nitrogen and oxygen atoms in total. The van der Waals surface area contributed by atoms with Gasteiger partial charge in [-0.15, -0.1) is 0 Å². The van der Waals surface area contributed by atoms with Crippen LogP contribution in [0.5, 0.6) is 5.75 Å². The van der Waals surface area contributed by atoms with E-state index in [0.29, 0.717) is 24.3 Å². The second-order valence-corrected chi connectivity index (χ2v) is 4.64. The van der Waals surface area contributed by atoms with Gasteiger partial charge in [-0.2, -0.15) is 39.5 Å². The quantitative estimate of drug-likeness (QED) is 0.686. The van der Waals surface area contributed by atoms with Crippen molar-refractivity contribution in [2.45, 2.75) is 25.5 Å². The summed E-state index contributed by atoms with van der Waals surface area (Å²) >= 11 is 0. The molecule has 22 heavy (non-hydrogen) atoms. The SMILES string of the molecule is CC(COc1ccc(C(F)(F)F)cc1)(C(F)(F)F)C(F)(F)F. The first kappa shape index (κ1) is 18.4. The lowest BCUT2D eigenvalue weighted by molar-refractivity contribution is -0.340. The van der Waals surface area contributed by atoms with Gasteiger partial charge in [-0.3, -0.25) is 0 Å². The fourth-order valence-electron chi connectivity index (χ4n) is 1.29. The van der Waals surface area contributed by atoms with E-state index in [4.69, 9.17) is 0 Å². The highest BCUT2D eigenvalue weighted by molar-refractivity contribution is 5.28. The van der Waals surface area contributed by atoms with Crippen LogP contribution in [0, 0.1) is 5.41 Å². The van der Waals surface area contributed by atoms with Crippen molar-refractivity contribution in [3.8, 4) is 5.75 Å². The molecule has 0 spiro atoms. The zero-order chi connectivity index (χ0) is 17.4. The first-order chi connectivity index (χ1) is 9.68. The Morgan fingerprint density at radius 1 is 0.773 bits per heavy atom. The molecule has 0 saturated carbocycles. The van der Waals surface area contributed by atoms with Gasteiger partial charge in [-0.1, -0.05) is 0 Å². The molecule has 0 aliphatic heterocycles. The summed E-state index contributed by atoms with van der Waals surface area (Å²) in [6.07, 6.45) is -15.9. The molecule has 0 unspecified atom stereocenters. The van der Waals surface area contributed by atoms with Gasteiger partial charge in [0, 0.05) is 0 Å². The minimum absolute atomic E-state index is 0.0862. The number of rotatable bonds is 3. The number of ether oxygens (including phenoxy) is 1. The Bertz CT molecular complexity index is 481. The molecule has 1 aromatic carbocycles. The summed E-state index contributed by atoms with van der Waals surface area (Å²) in [7, 11) is 0. The van der Waals surface area contributed by atoms with Crippen LogP contribution in [0.3, 0.4) is 0 Å². The largest absolute Gasteiger partial charge is 0.492 e. The van der Waals surface area contributed by atoms with Crippen molar-refractivity contribution in [1.29, 1.82) is 0 Å². The summed E-state index contributed by atoms with van der Waals surface area (Å²) in [4.78, 5) is 0. The van der Waals surface area contributed by atoms with Crippen molar-refractivity contribution in [3.05, 3.63) is 29.8 Å². The number of hydrogen-bond donors (Lipinski definition) is 0. The fraction of sp³-hybridized carbons (Fsp3) is 0.500. The molecule has 126 valence electrons. The molecular weight excluding hydrogens is 331 g/mol. The van der Waals surface area contributed by atoms with Crippen LogP contribution >= 0.6 is 0 Å². The van der Waals surface area contributed by atoms with Crippen LogP contribution in [0.15, 0.2) is 24.3 Å². The van der Waals surface area contributed by atoms with Gasteiger partial charge in [-0.25, -0.2) is 0 Å². The Morgan fingerprint density at radius 2 is 1.18 bits per heavy atom. The third kappa shape index (κ3) is 3.77. The third-order valence-corrected chi connectivity index (χ3v) is 2.96. The van der Waals surface area contributed by atoms with Gasteiger partial charge < -0.3 is 4.74 Å². The maximum Gasteiger partial charge on any atom is 0.416 e. The Kier molecular flexibility index (Phi) is 4.65. The van der Waals surface area contributed by atoms with Gasteiger partial charge in [0.05, 0.1) is 5.56 Å². The minimum Gasteiger partial charge on any atom is -0.492 e. The van der Waals surface area contributed by atoms with Crippen molar-refractivity contribution >= 4 is 0 Å². The zero-order valence-electron chi connectivity index (χ0n) is 10.8. The van der Waals surface area contributed by atoms with Crippen molar-refractivity contribution < 1.29 is 44.3 Å². The van der Waals surface area contributed by atoms with Crippen LogP contribution in [-0.2, 0) is 6.18 Å². The van der Waals surface area contributed by atoms with Crippen molar-refractivity contribution in [1.82, 2.24) is 0 Å². The van der Waals surface area contributed by atoms with E-state index in [-0.39, 0.29) is 6.92 Å². The molecule has 0 atom stereocenters. The Hall–Kier alpha value is -1.61. The monoisotopic (exact) mass is 340 g/mol. The lowest BCUT2D eigenvalue weighted by Gasteiger charge is -2.33. The zero-order valence-corrected chi connectivity index (χ0v) is 10.8. The van der Waals surface area contributed by atoms with E-state index in [2.05, 4.69) is 4.74 Å². The summed E-state index contributed by atoms with van der Waals surface area (Å²) in [6, 6.07) is 2.29. The van der Waals surface area contributed by atoms with Crippen LogP contribution in [0.4, 0.5) is 39.5 Å². The topological polar surface area (TPSA) is 9.23 Å². The molecular formula is C12H9F9O. The summed E-state index contributed by atoms with van der Waals surface area (Å²) in [5.41, 5.74) is -5.24. The summed E-state index contributed by atoms with van der Waals surface area (Å²) in [5.74, 6) is -0.535. The molecule has 0 radical (unpaired) electrons. The Balaban J connectivity index is 2.92. The van der Waals surface area contributed by atoms with Gasteiger partial charge in [-0.05, 0) is 31.2 Å². The van der Waals surface area contributed by atoms with Crippen LogP contribution in [-0.4, -0.2) is 19.0 Å². The van der Waals surface area contributed by atoms with E-state index in [1.165, 1.54) is 0 Å².